The van der Waals surface area contributed by atoms with Gasteiger partial charge in [0.15, 0.2) is 0 Å². The molecule has 0 amide bonds. The van der Waals surface area contributed by atoms with Crippen LogP contribution < -0.4 is 14.2 Å². The van der Waals surface area contributed by atoms with E-state index in [1.54, 1.807) is 48.5 Å². The average molecular weight is 742 g/mol. The van der Waals surface area contributed by atoms with Gasteiger partial charge in [-0.05, 0) is 60.7 Å². The van der Waals surface area contributed by atoms with Gasteiger partial charge in [-0.1, -0.05) is 58.5 Å². The van der Waals surface area contributed by atoms with Crippen LogP contribution in [0.4, 0.5) is 11.4 Å². The number of hydrogen-bond acceptors (Lipinski definition) is 9. The summed E-state index contributed by atoms with van der Waals surface area (Å²) in [4.78, 5) is 23.4. The first-order chi connectivity index (χ1) is 23.6. The molecule has 0 radical (unpaired) electrons. The van der Waals surface area contributed by atoms with E-state index in [9.17, 15) is 20.2 Å². The molecule has 0 unspecified atom stereocenters. The van der Waals surface area contributed by atoms with Crippen LogP contribution in [0.5, 0.6) is 23.0 Å². The molecule has 4 aromatic carbocycles. The van der Waals surface area contributed by atoms with Gasteiger partial charge in [0.1, 0.15) is 36.2 Å². The molecule has 2 heterocycles. The summed E-state index contributed by atoms with van der Waals surface area (Å²) < 4.78 is 29.3. The molecule has 248 valence electrons. The second-order valence-corrected chi connectivity index (χ2v) is 11.9. The third-order valence-corrected chi connectivity index (χ3v) is 8.18. The number of furan rings is 2. The number of benzene rings is 4. The van der Waals surface area contributed by atoms with Gasteiger partial charge in [0, 0.05) is 33.3 Å². The molecular formula is C34H20Cl4N2O9. The van der Waals surface area contributed by atoms with Gasteiger partial charge in [0.05, 0.1) is 43.5 Å². The van der Waals surface area contributed by atoms with Gasteiger partial charge < -0.3 is 23.0 Å². The van der Waals surface area contributed by atoms with Crippen molar-refractivity contribution in [2.75, 3.05) is 0 Å². The summed E-state index contributed by atoms with van der Waals surface area (Å²) in [6.07, 6.45) is 2.88. The molecule has 6 rings (SSSR count). The Kier molecular flexibility index (Phi) is 9.97. The molecule has 6 aromatic rings. The first-order valence-corrected chi connectivity index (χ1v) is 15.6. The molecule has 0 fully saturated rings. The van der Waals surface area contributed by atoms with Crippen LogP contribution in [0.2, 0.25) is 20.1 Å². The Morgan fingerprint density at radius 1 is 0.592 bits per heavy atom. The zero-order valence-corrected chi connectivity index (χ0v) is 27.8. The second-order valence-electron chi connectivity index (χ2n) is 10.2. The van der Waals surface area contributed by atoms with Crippen molar-refractivity contribution < 1.29 is 32.9 Å². The number of halogens is 4. The van der Waals surface area contributed by atoms with Crippen molar-refractivity contribution in [2.24, 2.45) is 0 Å². The van der Waals surface area contributed by atoms with Crippen LogP contribution in [-0.2, 0) is 13.2 Å². The van der Waals surface area contributed by atoms with Crippen LogP contribution in [0.25, 0.3) is 22.3 Å². The molecule has 0 saturated carbocycles. The summed E-state index contributed by atoms with van der Waals surface area (Å²) in [5, 5.41) is 25.5. The Morgan fingerprint density at radius 2 is 1.02 bits per heavy atom. The van der Waals surface area contributed by atoms with Crippen LogP contribution in [0, 0.1) is 20.2 Å². The van der Waals surface area contributed by atoms with Crippen LogP contribution in [0.3, 0.4) is 0 Å². The maximum atomic E-state index is 12.3. The minimum atomic E-state index is -0.611. The molecule has 0 aliphatic rings. The number of rotatable bonds is 12. The van der Waals surface area contributed by atoms with Crippen molar-refractivity contribution >= 4 is 57.8 Å². The molecule has 0 aliphatic heterocycles. The SMILES string of the molecule is O=[N+]([O-])c1ccc(Oc2ccc([N+](=O)[O-])c(OCc3ccco3)c2-c2ccc(Cl)cc2Cl)c(-c2ccc(Cl)cc2Cl)c1OCc1ccco1. The molecule has 0 saturated heterocycles. The van der Waals surface area contributed by atoms with Gasteiger partial charge in [-0.3, -0.25) is 20.2 Å². The molecule has 0 bridgehead atoms. The summed E-state index contributed by atoms with van der Waals surface area (Å²) in [6, 6.07) is 20.8. The third-order valence-electron chi connectivity index (χ3n) is 7.09. The van der Waals surface area contributed by atoms with Crippen LogP contribution >= 0.6 is 46.4 Å². The predicted octanol–water partition coefficient (Wildman–Crippen LogP) is 11.6. The fourth-order valence-electron chi connectivity index (χ4n) is 4.95. The molecule has 0 atom stereocenters. The van der Waals surface area contributed by atoms with Crippen molar-refractivity contribution in [2.45, 2.75) is 13.2 Å². The Bertz CT molecular complexity index is 2020. The smallest absolute Gasteiger partial charge is 0.311 e. The lowest BCUT2D eigenvalue weighted by molar-refractivity contribution is -0.386. The number of nitro groups is 2. The van der Waals surface area contributed by atoms with Gasteiger partial charge in [-0.15, -0.1) is 0 Å². The zero-order chi connectivity index (χ0) is 34.7. The molecule has 0 aliphatic carbocycles. The molecular weight excluding hydrogens is 722 g/mol. The number of nitrogens with zero attached hydrogens (tertiary/aromatic N) is 2. The minimum Gasteiger partial charge on any atom is -0.478 e. The van der Waals surface area contributed by atoms with Gasteiger partial charge in [0.2, 0.25) is 11.5 Å². The number of hydrogen-bond donors (Lipinski definition) is 0. The first kappa shape index (κ1) is 33.7. The standard InChI is InChI=1S/C34H20Cl4N2O9/c35-19-5-7-23(25(37)15-19)31-29(11-9-27(39(41)42)33(31)47-17-21-3-1-13-45-21)49-30-12-10-28(40(43)44)34(48-18-22-4-2-14-46-22)32(30)24-8-6-20(36)16-26(24)38/h1-16H,17-18H2. The van der Waals surface area contributed by atoms with Crippen molar-refractivity contribution in [3.05, 3.63) is 149 Å². The lowest BCUT2D eigenvalue weighted by Crippen LogP contribution is -2.04. The minimum absolute atomic E-state index is 0.0291. The van der Waals surface area contributed by atoms with Crippen molar-refractivity contribution in [1.29, 1.82) is 0 Å². The van der Waals surface area contributed by atoms with Crippen molar-refractivity contribution in [1.82, 2.24) is 0 Å². The van der Waals surface area contributed by atoms with Gasteiger partial charge in [-0.2, -0.15) is 0 Å². The largest absolute Gasteiger partial charge is 0.478 e. The highest BCUT2D eigenvalue weighted by Crippen LogP contribution is 2.52. The maximum absolute atomic E-state index is 12.3. The van der Waals surface area contributed by atoms with E-state index in [2.05, 4.69) is 0 Å². The lowest BCUT2D eigenvalue weighted by atomic mass is 10.0. The summed E-state index contributed by atoms with van der Waals surface area (Å²) in [7, 11) is 0. The third kappa shape index (κ3) is 7.30. The van der Waals surface area contributed by atoms with Gasteiger partial charge in [-0.25, -0.2) is 0 Å². The van der Waals surface area contributed by atoms with E-state index < -0.39 is 21.2 Å². The van der Waals surface area contributed by atoms with E-state index in [4.69, 9.17) is 69.4 Å². The molecule has 0 spiro atoms. The van der Waals surface area contributed by atoms with E-state index in [0.29, 0.717) is 21.6 Å². The summed E-state index contributed by atoms with van der Waals surface area (Å²) in [6.45, 7) is -0.354. The molecule has 0 N–H and O–H groups in total. The Hall–Kier alpha value is -5.20. The monoisotopic (exact) mass is 740 g/mol. The Balaban J connectivity index is 1.59. The first-order valence-electron chi connectivity index (χ1n) is 14.1. The molecule has 2 aromatic heterocycles. The average Bonchev–Trinajstić information content (AvgIpc) is 3.78. The topological polar surface area (TPSA) is 140 Å². The normalized spacial score (nSPS) is 10.9. The van der Waals surface area contributed by atoms with Crippen LogP contribution in [0.15, 0.2) is 106 Å². The van der Waals surface area contributed by atoms with Crippen LogP contribution in [-0.4, -0.2) is 9.85 Å². The highest BCUT2D eigenvalue weighted by atomic mass is 35.5. The molecule has 49 heavy (non-hydrogen) atoms. The lowest BCUT2D eigenvalue weighted by Gasteiger charge is -2.20. The van der Waals surface area contributed by atoms with Gasteiger partial charge >= 0.3 is 11.4 Å². The Labute approximate surface area is 297 Å². The predicted molar refractivity (Wildman–Crippen MR) is 183 cm³/mol. The fraction of sp³-hybridized carbons (Fsp3) is 0.0588. The Morgan fingerprint density at radius 3 is 1.37 bits per heavy atom. The molecule has 11 nitrogen and oxygen atoms in total. The van der Waals surface area contributed by atoms with E-state index >= 15 is 0 Å². The maximum Gasteiger partial charge on any atom is 0.311 e. The highest BCUT2D eigenvalue weighted by molar-refractivity contribution is 6.37. The fourth-order valence-corrected chi connectivity index (χ4v) is 5.95. The van der Waals surface area contributed by atoms with E-state index in [0.717, 1.165) is 0 Å². The van der Waals surface area contributed by atoms with E-state index in [1.165, 1.54) is 48.9 Å². The summed E-state index contributed by atoms with van der Waals surface area (Å²) in [5.74, 6) is 0.461. The second kappa shape index (κ2) is 14.5. The van der Waals surface area contributed by atoms with E-state index in [-0.39, 0.29) is 68.5 Å². The highest BCUT2D eigenvalue weighted by Gasteiger charge is 2.30. The number of ether oxygens (including phenoxy) is 3. The summed E-state index contributed by atoms with van der Waals surface area (Å²) in [5.41, 5.74) is -0.0546. The van der Waals surface area contributed by atoms with Crippen molar-refractivity contribution in [3.63, 3.8) is 0 Å². The molecule has 15 heteroatoms. The van der Waals surface area contributed by atoms with Gasteiger partial charge in [0.25, 0.3) is 0 Å². The van der Waals surface area contributed by atoms with Crippen LogP contribution in [0.1, 0.15) is 11.5 Å². The summed E-state index contributed by atoms with van der Waals surface area (Å²) >= 11 is 25.7. The van der Waals surface area contributed by atoms with E-state index in [1.807, 2.05) is 0 Å². The zero-order valence-electron chi connectivity index (χ0n) is 24.7. The number of nitro benzene ring substituents is 2. The van der Waals surface area contributed by atoms with Crippen molar-refractivity contribution in [3.8, 4) is 45.3 Å². The quantitative estimate of drug-likeness (QED) is 0.0884.